The molecular weight excluding hydrogens is 500 g/mol. The van der Waals surface area contributed by atoms with E-state index in [1.165, 1.54) is 0 Å². The second-order valence-corrected chi connectivity index (χ2v) is 12.0. The molecule has 3 heterocycles. The molecule has 3 aromatic rings. The van der Waals surface area contributed by atoms with Gasteiger partial charge < -0.3 is 10.1 Å². The lowest BCUT2D eigenvalue weighted by Crippen LogP contribution is -2.44. The molecule has 1 spiro atoms. The molecule has 2 aliphatic rings. The fraction of sp³-hybridized carbons (Fsp3) is 0.308. The van der Waals surface area contributed by atoms with Crippen LogP contribution in [0.2, 0.25) is 0 Å². The molecule has 170 valence electrons. The lowest BCUT2D eigenvalue weighted by molar-refractivity contribution is -0.157. The molecule has 2 aliphatic heterocycles. The lowest BCUT2D eigenvalue weighted by Gasteiger charge is -2.34. The molecule has 33 heavy (non-hydrogen) atoms. The molecule has 1 fully saturated rings. The topological polar surface area (TPSA) is 67.4 Å². The molecule has 0 aliphatic carbocycles. The van der Waals surface area contributed by atoms with Crippen molar-refractivity contribution in [1.82, 2.24) is 5.32 Å². The van der Waals surface area contributed by atoms with E-state index < -0.39 is 29.0 Å². The Morgan fingerprint density at radius 3 is 2.39 bits per heavy atom. The van der Waals surface area contributed by atoms with Crippen LogP contribution in [0.5, 0.6) is 0 Å². The van der Waals surface area contributed by atoms with Crippen LogP contribution in [0, 0.1) is 0 Å². The average Bonchev–Trinajstić information content (AvgIpc) is 3.43. The van der Waals surface area contributed by atoms with Crippen LogP contribution in [0.25, 0.3) is 0 Å². The number of hydrogen-bond donors (Lipinski definition) is 2. The van der Waals surface area contributed by atoms with Crippen molar-refractivity contribution in [1.29, 1.82) is 0 Å². The maximum absolute atomic E-state index is 14.0. The zero-order chi connectivity index (χ0) is 23.4. The molecule has 0 saturated carbocycles. The molecule has 1 saturated heterocycles. The highest BCUT2D eigenvalue weighted by Gasteiger charge is 2.66. The summed E-state index contributed by atoms with van der Waals surface area (Å²) < 4.78 is 6.80. The standard InChI is InChI=1S/C26H25BrN2O3S/c1-25(2,3)32-23(30)21-20(18-13-14-19(27)33-18)26(22(29-21)15-9-5-4-6-10-15)16-11-7-8-12-17(16)28-24(26)31/h4-14,20-22,29H,1-3H3,(H,28,31)/t20-,21+,22-,26-/m1/s1. The van der Waals surface area contributed by atoms with Crippen molar-refractivity contribution in [2.24, 2.45) is 0 Å². The van der Waals surface area contributed by atoms with Gasteiger partial charge in [0, 0.05) is 16.5 Å². The molecule has 2 N–H and O–H groups in total. The van der Waals surface area contributed by atoms with E-state index in [0.717, 1.165) is 25.5 Å². The molecule has 1 aromatic heterocycles. The van der Waals surface area contributed by atoms with Gasteiger partial charge in [0.25, 0.3) is 0 Å². The summed E-state index contributed by atoms with van der Waals surface area (Å²) in [6.07, 6.45) is 0. The third-order valence-electron chi connectivity index (χ3n) is 6.32. The lowest BCUT2D eigenvalue weighted by atomic mass is 9.65. The zero-order valence-corrected chi connectivity index (χ0v) is 21.0. The van der Waals surface area contributed by atoms with Crippen LogP contribution in [0.4, 0.5) is 5.69 Å². The SMILES string of the molecule is CC(C)(C)OC(=O)[C@H]1N[C@H](c2ccccc2)[C@]2(C(=O)Nc3ccccc32)[C@@H]1c1ccc(Br)s1. The number of para-hydroxylation sites is 1. The van der Waals surface area contributed by atoms with Crippen LogP contribution in [0.1, 0.15) is 48.7 Å². The summed E-state index contributed by atoms with van der Waals surface area (Å²) in [5.41, 5.74) is 0.987. The van der Waals surface area contributed by atoms with Crippen molar-refractivity contribution in [3.05, 3.63) is 86.5 Å². The number of thiophene rings is 1. The van der Waals surface area contributed by atoms with Gasteiger partial charge in [0.05, 0.1) is 9.83 Å². The van der Waals surface area contributed by atoms with Gasteiger partial charge in [-0.25, -0.2) is 0 Å². The Labute approximate surface area is 205 Å². The monoisotopic (exact) mass is 524 g/mol. The minimum absolute atomic E-state index is 0.106. The van der Waals surface area contributed by atoms with Gasteiger partial charge in [-0.1, -0.05) is 48.5 Å². The van der Waals surface area contributed by atoms with Gasteiger partial charge in [-0.15, -0.1) is 11.3 Å². The normalized spacial score (nSPS) is 26.3. The van der Waals surface area contributed by atoms with Crippen molar-refractivity contribution in [2.45, 2.75) is 49.8 Å². The number of amides is 1. The van der Waals surface area contributed by atoms with Crippen LogP contribution in [0.15, 0.2) is 70.5 Å². The van der Waals surface area contributed by atoms with Crippen molar-refractivity contribution in [2.75, 3.05) is 5.32 Å². The summed E-state index contributed by atoms with van der Waals surface area (Å²) in [6, 6.07) is 20.5. The number of esters is 1. The molecule has 0 unspecified atom stereocenters. The number of halogens is 1. The number of carbonyl (C=O) groups excluding carboxylic acids is 2. The number of carbonyl (C=O) groups is 2. The number of anilines is 1. The largest absolute Gasteiger partial charge is 0.459 e. The average molecular weight is 525 g/mol. The van der Waals surface area contributed by atoms with Crippen LogP contribution in [0.3, 0.4) is 0 Å². The van der Waals surface area contributed by atoms with Gasteiger partial charge in [0.1, 0.15) is 17.1 Å². The summed E-state index contributed by atoms with van der Waals surface area (Å²) in [5, 5.41) is 6.65. The van der Waals surface area contributed by atoms with E-state index >= 15 is 0 Å². The Hall–Kier alpha value is -2.48. The molecule has 0 radical (unpaired) electrons. The van der Waals surface area contributed by atoms with E-state index in [-0.39, 0.29) is 11.9 Å². The van der Waals surface area contributed by atoms with Gasteiger partial charge in [-0.3, -0.25) is 14.9 Å². The summed E-state index contributed by atoms with van der Waals surface area (Å²) in [5.74, 6) is -0.907. The molecule has 2 aromatic carbocycles. The molecule has 1 amide bonds. The minimum Gasteiger partial charge on any atom is -0.459 e. The third-order valence-corrected chi connectivity index (χ3v) is 8.02. The molecular formula is C26H25BrN2O3S. The first kappa shape index (κ1) is 22.3. The fourth-order valence-electron chi connectivity index (χ4n) is 5.20. The van der Waals surface area contributed by atoms with Crippen LogP contribution >= 0.6 is 27.3 Å². The molecule has 5 nitrogen and oxygen atoms in total. The maximum Gasteiger partial charge on any atom is 0.324 e. The summed E-state index contributed by atoms with van der Waals surface area (Å²) in [4.78, 5) is 28.5. The number of hydrogen-bond acceptors (Lipinski definition) is 5. The Kier molecular flexibility index (Phi) is 5.46. The predicted octanol–water partition coefficient (Wildman–Crippen LogP) is 5.54. The minimum atomic E-state index is -1.01. The Balaban J connectivity index is 1.77. The quantitative estimate of drug-likeness (QED) is 0.441. The number of ether oxygens (including phenoxy) is 1. The van der Waals surface area contributed by atoms with Gasteiger partial charge >= 0.3 is 5.97 Å². The number of fused-ring (bicyclic) bond motifs is 2. The van der Waals surface area contributed by atoms with E-state index in [9.17, 15) is 9.59 Å². The molecule has 7 heteroatoms. The van der Waals surface area contributed by atoms with E-state index in [1.807, 2.05) is 87.5 Å². The van der Waals surface area contributed by atoms with E-state index in [2.05, 4.69) is 26.6 Å². The zero-order valence-electron chi connectivity index (χ0n) is 18.6. The van der Waals surface area contributed by atoms with Crippen LogP contribution in [-0.2, 0) is 19.7 Å². The molecule has 5 rings (SSSR count). The highest BCUT2D eigenvalue weighted by atomic mass is 79.9. The van der Waals surface area contributed by atoms with Crippen molar-refractivity contribution in [3.8, 4) is 0 Å². The Morgan fingerprint density at radius 1 is 1.03 bits per heavy atom. The van der Waals surface area contributed by atoms with Crippen LogP contribution < -0.4 is 10.6 Å². The number of rotatable bonds is 3. The molecule has 4 atom stereocenters. The Bertz CT molecular complexity index is 1220. The van der Waals surface area contributed by atoms with Gasteiger partial charge in [0.2, 0.25) is 5.91 Å². The van der Waals surface area contributed by atoms with Crippen molar-refractivity contribution in [3.63, 3.8) is 0 Å². The number of benzene rings is 2. The van der Waals surface area contributed by atoms with Crippen molar-refractivity contribution >= 4 is 44.8 Å². The predicted molar refractivity (Wildman–Crippen MR) is 133 cm³/mol. The van der Waals surface area contributed by atoms with Gasteiger partial charge in [-0.2, -0.15) is 0 Å². The second kappa shape index (κ2) is 8.08. The van der Waals surface area contributed by atoms with Gasteiger partial charge in [-0.05, 0) is 66.0 Å². The molecule has 0 bridgehead atoms. The summed E-state index contributed by atoms with van der Waals surface area (Å²) in [7, 11) is 0. The highest BCUT2D eigenvalue weighted by molar-refractivity contribution is 9.11. The first-order valence-electron chi connectivity index (χ1n) is 10.9. The maximum atomic E-state index is 14.0. The second-order valence-electron chi connectivity index (χ2n) is 9.51. The van der Waals surface area contributed by atoms with E-state index in [0.29, 0.717) is 0 Å². The fourth-order valence-corrected chi connectivity index (χ4v) is 6.84. The summed E-state index contributed by atoms with van der Waals surface area (Å²) >= 11 is 5.12. The van der Waals surface area contributed by atoms with E-state index in [4.69, 9.17) is 4.74 Å². The third kappa shape index (κ3) is 3.63. The van der Waals surface area contributed by atoms with Crippen LogP contribution in [-0.4, -0.2) is 23.5 Å². The van der Waals surface area contributed by atoms with Gasteiger partial charge in [0.15, 0.2) is 0 Å². The first-order valence-corrected chi connectivity index (χ1v) is 12.5. The summed E-state index contributed by atoms with van der Waals surface area (Å²) in [6.45, 7) is 5.58. The van der Waals surface area contributed by atoms with Crippen molar-refractivity contribution < 1.29 is 14.3 Å². The first-order chi connectivity index (χ1) is 15.7. The smallest absolute Gasteiger partial charge is 0.324 e. The number of nitrogens with one attached hydrogen (secondary N) is 2. The Morgan fingerprint density at radius 2 is 1.73 bits per heavy atom. The van der Waals surface area contributed by atoms with E-state index in [1.54, 1.807) is 11.3 Å². The highest BCUT2D eigenvalue weighted by Crippen LogP contribution is 2.60.